The Hall–Kier alpha value is -1.62. The lowest BCUT2D eigenvalue weighted by Crippen LogP contribution is -2.25. The molecule has 1 N–H and O–H groups in total. The molecule has 0 bridgehead atoms. The minimum atomic E-state index is -0.0700. The van der Waals surface area contributed by atoms with Gasteiger partial charge in [0.2, 0.25) is 0 Å². The molecule has 0 spiro atoms. The summed E-state index contributed by atoms with van der Waals surface area (Å²) in [4.78, 5) is 16.0. The van der Waals surface area contributed by atoms with E-state index in [1.807, 2.05) is 35.9 Å². The van der Waals surface area contributed by atoms with Crippen LogP contribution < -0.4 is 5.32 Å². The number of carbonyl (C=O) groups is 1. The molecule has 0 aromatic carbocycles. The van der Waals surface area contributed by atoms with Gasteiger partial charge in [-0.15, -0.1) is 0 Å². The van der Waals surface area contributed by atoms with Crippen molar-refractivity contribution in [1.29, 1.82) is 0 Å². The summed E-state index contributed by atoms with van der Waals surface area (Å²) in [6.45, 7) is 3.28. The number of amides is 1. The lowest BCUT2D eigenvalue weighted by atomic mass is 10.2. The van der Waals surface area contributed by atoms with E-state index in [2.05, 4.69) is 26.2 Å². The first-order valence-electron chi connectivity index (χ1n) is 5.73. The number of pyridine rings is 1. The highest BCUT2D eigenvalue weighted by molar-refractivity contribution is 9.10. The van der Waals surface area contributed by atoms with Crippen LogP contribution in [0.25, 0.3) is 0 Å². The number of aromatic nitrogens is 2. The van der Waals surface area contributed by atoms with Gasteiger partial charge in [0.05, 0.1) is 0 Å². The first-order chi connectivity index (χ1) is 8.70. The minimum absolute atomic E-state index is 0.0700. The highest BCUT2D eigenvalue weighted by atomic mass is 79.9. The van der Waals surface area contributed by atoms with Gasteiger partial charge in [0.15, 0.2) is 0 Å². The summed E-state index contributed by atoms with van der Waals surface area (Å²) < 4.78 is 2.82. The summed E-state index contributed by atoms with van der Waals surface area (Å²) in [5.41, 5.74) is 1.70. The molecule has 0 atom stereocenters. The molecule has 2 aromatic rings. The molecule has 94 valence electrons. The number of hydrogen-bond donors (Lipinski definition) is 1. The van der Waals surface area contributed by atoms with Crippen LogP contribution >= 0.6 is 15.9 Å². The van der Waals surface area contributed by atoms with Crippen LogP contribution in [0.2, 0.25) is 0 Å². The molecule has 0 radical (unpaired) electrons. The number of nitrogens with zero attached hydrogens (tertiary/aromatic N) is 2. The summed E-state index contributed by atoms with van der Waals surface area (Å²) in [5.74, 6) is -0.0700. The van der Waals surface area contributed by atoms with Crippen molar-refractivity contribution in [2.24, 2.45) is 0 Å². The van der Waals surface area contributed by atoms with Gasteiger partial charge in [-0.25, -0.2) is 0 Å². The van der Waals surface area contributed by atoms with Crippen molar-refractivity contribution in [1.82, 2.24) is 14.9 Å². The van der Waals surface area contributed by atoms with E-state index in [0.717, 1.165) is 16.6 Å². The first-order valence-corrected chi connectivity index (χ1v) is 6.52. The zero-order valence-corrected chi connectivity index (χ0v) is 11.6. The quantitative estimate of drug-likeness (QED) is 0.944. The third-order valence-corrected chi connectivity index (χ3v) is 3.07. The smallest absolute Gasteiger partial charge is 0.268 e. The van der Waals surface area contributed by atoms with E-state index < -0.39 is 0 Å². The first kappa shape index (κ1) is 12.8. The Labute approximate surface area is 114 Å². The van der Waals surface area contributed by atoms with Crippen molar-refractivity contribution in [3.05, 3.63) is 52.5 Å². The van der Waals surface area contributed by atoms with Crippen molar-refractivity contribution >= 4 is 21.8 Å². The SMILES string of the molecule is CCn1cc(Br)cc1C(=O)NCc1ccncc1. The van der Waals surface area contributed by atoms with Gasteiger partial charge in [0, 0.05) is 36.2 Å². The zero-order chi connectivity index (χ0) is 13.0. The Morgan fingerprint density at radius 1 is 1.44 bits per heavy atom. The van der Waals surface area contributed by atoms with Crippen LogP contribution in [-0.2, 0) is 13.1 Å². The Kier molecular flexibility index (Phi) is 4.15. The summed E-state index contributed by atoms with van der Waals surface area (Å²) >= 11 is 3.38. The molecule has 0 aliphatic rings. The van der Waals surface area contributed by atoms with Gasteiger partial charge in [-0.05, 0) is 46.6 Å². The largest absolute Gasteiger partial charge is 0.347 e. The fourth-order valence-corrected chi connectivity index (χ4v) is 2.16. The van der Waals surface area contributed by atoms with Crippen molar-refractivity contribution in [2.75, 3.05) is 0 Å². The third kappa shape index (κ3) is 2.98. The Bertz CT molecular complexity index is 536. The van der Waals surface area contributed by atoms with E-state index >= 15 is 0 Å². The van der Waals surface area contributed by atoms with Crippen LogP contribution in [0, 0.1) is 0 Å². The molecule has 0 unspecified atom stereocenters. The topological polar surface area (TPSA) is 46.9 Å². The van der Waals surface area contributed by atoms with Crippen molar-refractivity contribution < 1.29 is 4.79 Å². The van der Waals surface area contributed by atoms with Gasteiger partial charge in [0.1, 0.15) is 5.69 Å². The maximum atomic E-state index is 12.0. The van der Waals surface area contributed by atoms with Gasteiger partial charge in [-0.3, -0.25) is 9.78 Å². The standard InChI is InChI=1S/C13H14BrN3O/c1-2-17-9-11(14)7-12(17)13(18)16-8-10-3-5-15-6-4-10/h3-7,9H,2,8H2,1H3,(H,16,18). The maximum Gasteiger partial charge on any atom is 0.268 e. The number of aryl methyl sites for hydroxylation is 1. The molecule has 1 amide bonds. The number of rotatable bonds is 4. The van der Waals surface area contributed by atoms with Gasteiger partial charge in [-0.2, -0.15) is 0 Å². The lowest BCUT2D eigenvalue weighted by Gasteiger charge is -2.07. The molecule has 2 heterocycles. The summed E-state index contributed by atoms with van der Waals surface area (Å²) in [6, 6.07) is 5.59. The molecule has 0 fully saturated rings. The molecule has 0 aliphatic heterocycles. The summed E-state index contributed by atoms with van der Waals surface area (Å²) in [5, 5.41) is 2.89. The molecule has 2 rings (SSSR count). The molecule has 18 heavy (non-hydrogen) atoms. The fraction of sp³-hybridized carbons (Fsp3) is 0.231. The third-order valence-electron chi connectivity index (χ3n) is 2.64. The van der Waals surface area contributed by atoms with E-state index in [4.69, 9.17) is 0 Å². The summed E-state index contributed by atoms with van der Waals surface area (Å²) in [7, 11) is 0. The van der Waals surface area contributed by atoms with Gasteiger partial charge in [-0.1, -0.05) is 0 Å². The molecule has 4 nitrogen and oxygen atoms in total. The molecule has 0 saturated heterocycles. The van der Waals surface area contributed by atoms with Crippen molar-refractivity contribution in [3.8, 4) is 0 Å². The Morgan fingerprint density at radius 2 is 2.17 bits per heavy atom. The van der Waals surface area contributed by atoms with E-state index in [-0.39, 0.29) is 5.91 Å². The molecule has 5 heteroatoms. The van der Waals surface area contributed by atoms with Crippen LogP contribution in [0.15, 0.2) is 41.3 Å². The van der Waals surface area contributed by atoms with E-state index in [0.29, 0.717) is 12.2 Å². The average Bonchev–Trinajstić information content (AvgIpc) is 2.78. The normalized spacial score (nSPS) is 10.3. The summed E-state index contributed by atoms with van der Waals surface area (Å²) in [6.07, 6.45) is 5.33. The molecule has 0 aliphatic carbocycles. The highest BCUT2D eigenvalue weighted by Gasteiger charge is 2.11. The fourth-order valence-electron chi connectivity index (χ4n) is 1.70. The second-order valence-electron chi connectivity index (χ2n) is 3.87. The predicted octanol–water partition coefficient (Wildman–Crippen LogP) is 2.60. The molecule has 2 aromatic heterocycles. The average molecular weight is 308 g/mol. The molecular formula is C13H14BrN3O. The minimum Gasteiger partial charge on any atom is -0.347 e. The van der Waals surface area contributed by atoms with Crippen molar-refractivity contribution in [3.63, 3.8) is 0 Å². The van der Waals surface area contributed by atoms with E-state index in [1.165, 1.54) is 0 Å². The van der Waals surface area contributed by atoms with E-state index in [9.17, 15) is 4.79 Å². The number of carbonyl (C=O) groups excluding carboxylic acids is 1. The molecule has 0 saturated carbocycles. The van der Waals surface area contributed by atoms with Gasteiger partial charge >= 0.3 is 0 Å². The van der Waals surface area contributed by atoms with E-state index in [1.54, 1.807) is 12.4 Å². The Morgan fingerprint density at radius 3 is 2.83 bits per heavy atom. The van der Waals surface area contributed by atoms with Crippen LogP contribution in [0.4, 0.5) is 0 Å². The second-order valence-corrected chi connectivity index (χ2v) is 4.78. The Balaban J connectivity index is 2.04. The maximum absolute atomic E-state index is 12.0. The van der Waals surface area contributed by atoms with Crippen LogP contribution in [0.5, 0.6) is 0 Å². The number of hydrogen-bond acceptors (Lipinski definition) is 2. The second kappa shape index (κ2) is 5.82. The van der Waals surface area contributed by atoms with Gasteiger partial charge in [0.25, 0.3) is 5.91 Å². The highest BCUT2D eigenvalue weighted by Crippen LogP contribution is 2.15. The monoisotopic (exact) mass is 307 g/mol. The van der Waals surface area contributed by atoms with Crippen LogP contribution in [0.3, 0.4) is 0 Å². The number of nitrogens with one attached hydrogen (secondary N) is 1. The predicted molar refractivity (Wildman–Crippen MR) is 73.2 cm³/mol. The lowest BCUT2D eigenvalue weighted by molar-refractivity contribution is 0.0941. The number of halogens is 1. The van der Waals surface area contributed by atoms with Crippen molar-refractivity contribution in [2.45, 2.75) is 20.0 Å². The van der Waals surface area contributed by atoms with Crippen LogP contribution in [-0.4, -0.2) is 15.5 Å². The van der Waals surface area contributed by atoms with Gasteiger partial charge < -0.3 is 9.88 Å². The van der Waals surface area contributed by atoms with Crippen LogP contribution in [0.1, 0.15) is 23.0 Å². The zero-order valence-electron chi connectivity index (χ0n) is 10.1. The molecular weight excluding hydrogens is 294 g/mol.